The summed E-state index contributed by atoms with van der Waals surface area (Å²) in [5.41, 5.74) is 2.12. The minimum Gasteiger partial charge on any atom is -0.316 e. The van der Waals surface area contributed by atoms with Gasteiger partial charge in [-0.3, -0.25) is 9.47 Å². The van der Waals surface area contributed by atoms with Gasteiger partial charge in [0.05, 0.1) is 6.17 Å². The molecule has 0 spiro atoms. The van der Waals surface area contributed by atoms with Crippen molar-refractivity contribution in [2.75, 3.05) is 26.2 Å². The summed E-state index contributed by atoms with van der Waals surface area (Å²) in [7, 11) is 0. The standard InChI is InChI=1S/C18H27N5/c1-2-22-11-4-3-7-17(22)23-16(12-14-8-10-19-13-14)21-15-6-5-9-20-18(15)23/h5-6,9,14,17,19H,2-4,7-8,10-13H2,1H3. The number of nitrogens with zero attached hydrogens (tertiary/aromatic N) is 4. The molecule has 0 radical (unpaired) electrons. The lowest BCUT2D eigenvalue weighted by Gasteiger charge is -2.36. The molecule has 2 saturated heterocycles. The fourth-order valence-electron chi connectivity index (χ4n) is 4.22. The van der Waals surface area contributed by atoms with Gasteiger partial charge in [-0.25, -0.2) is 9.97 Å². The van der Waals surface area contributed by atoms with Crippen LogP contribution in [0.15, 0.2) is 18.3 Å². The van der Waals surface area contributed by atoms with E-state index in [1.54, 1.807) is 0 Å². The second kappa shape index (κ2) is 6.57. The average Bonchev–Trinajstić information content (AvgIpc) is 3.22. The van der Waals surface area contributed by atoms with Crippen LogP contribution in [0.3, 0.4) is 0 Å². The van der Waals surface area contributed by atoms with Crippen molar-refractivity contribution in [1.29, 1.82) is 0 Å². The van der Waals surface area contributed by atoms with Gasteiger partial charge in [0.15, 0.2) is 5.65 Å². The van der Waals surface area contributed by atoms with Gasteiger partial charge in [0, 0.05) is 19.2 Å². The first-order chi connectivity index (χ1) is 11.4. The van der Waals surface area contributed by atoms with Crippen LogP contribution in [0.2, 0.25) is 0 Å². The number of rotatable bonds is 4. The fourth-order valence-corrected chi connectivity index (χ4v) is 4.22. The van der Waals surface area contributed by atoms with E-state index < -0.39 is 0 Å². The van der Waals surface area contributed by atoms with Crippen molar-refractivity contribution >= 4 is 11.2 Å². The van der Waals surface area contributed by atoms with Crippen molar-refractivity contribution < 1.29 is 0 Å². The Morgan fingerprint density at radius 2 is 2.26 bits per heavy atom. The molecule has 2 unspecified atom stereocenters. The van der Waals surface area contributed by atoms with E-state index in [4.69, 9.17) is 4.98 Å². The Hall–Kier alpha value is -1.46. The van der Waals surface area contributed by atoms with Crippen LogP contribution in [0, 0.1) is 5.92 Å². The first-order valence-electron chi connectivity index (χ1n) is 9.13. The van der Waals surface area contributed by atoms with Gasteiger partial charge in [-0.15, -0.1) is 0 Å². The molecule has 2 aromatic heterocycles. The molecule has 2 aliphatic rings. The van der Waals surface area contributed by atoms with Crippen LogP contribution < -0.4 is 5.32 Å². The molecule has 4 heterocycles. The number of piperidine rings is 1. The molecule has 5 heteroatoms. The average molecular weight is 313 g/mol. The van der Waals surface area contributed by atoms with Gasteiger partial charge >= 0.3 is 0 Å². The summed E-state index contributed by atoms with van der Waals surface area (Å²) in [5, 5.41) is 3.48. The molecular formula is C18H27N5. The first kappa shape index (κ1) is 15.1. The number of aromatic nitrogens is 3. The predicted molar refractivity (Wildman–Crippen MR) is 92.3 cm³/mol. The van der Waals surface area contributed by atoms with Gasteiger partial charge in [-0.05, 0) is 63.4 Å². The SMILES string of the molecule is CCN1CCCCC1n1c(CC2CCNC2)nc2cccnc21. The molecule has 124 valence electrons. The highest BCUT2D eigenvalue weighted by Gasteiger charge is 2.28. The molecule has 23 heavy (non-hydrogen) atoms. The van der Waals surface area contributed by atoms with Crippen LogP contribution in [-0.2, 0) is 6.42 Å². The van der Waals surface area contributed by atoms with E-state index in [9.17, 15) is 0 Å². The number of imidazole rings is 1. The summed E-state index contributed by atoms with van der Waals surface area (Å²) in [6.07, 6.45) is 8.49. The van der Waals surface area contributed by atoms with E-state index in [0.717, 1.165) is 37.2 Å². The maximum atomic E-state index is 4.97. The summed E-state index contributed by atoms with van der Waals surface area (Å²) in [6, 6.07) is 4.10. The number of hydrogen-bond donors (Lipinski definition) is 1. The zero-order chi connectivity index (χ0) is 15.6. The second-order valence-corrected chi connectivity index (χ2v) is 6.91. The summed E-state index contributed by atoms with van der Waals surface area (Å²) < 4.78 is 2.45. The van der Waals surface area contributed by atoms with Crippen molar-refractivity contribution in [1.82, 2.24) is 24.8 Å². The predicted octanol–water partition coefficient (Wildman–Crippen LogP) is 2.59. The minimum atomic E-state index is 0.429. The van der Waals surface area contributed by atoms with Gasteiger partial charge in [0.1, 0.15) is 11.3 Å². The van der Waals surface area contributed by atoms with E-state index in [2.05, 4.69) is 32.8 Å². The van der Waals surface area contributed by atoms with Crippen molar-refractivity contribution in [2.45, 2.75) is 45.2 Å². The molecule has 0 bridgehead atoms. The number of fused-ring (bicyclic) bond motifs is 1. The van der Waals surface area contributed by atoms with Gasteiger partial charge in [-0.2, -0.15) is 0 Å². The van der Waals surface area contributed by atoms with Crippen LogP contribution in [0.25, 0.3) is 11.2 Å². The molecule has 0 aliphatic carbocycles. The molecule has 0 saturated carbocycles. The monoisotopic (exact) mass is 313 g/mol. The van der Waals surface area contributed by atoms with Crippen LogP contribution in [0.5, 0.6) is 0 Å². The lowest BCUT2D eigenvalue weighted by atomic mass is 10.0. The summed E-state index contributed by atoms with van der Waals surface area (Å²) >= 11 is 0. The molecule has 2 aliphatic heterocycles. The Kier molecular flexibility index (Phi) is 4.31. The lowest BCUT2D eigenvalue weighted by molar-refractivity contribution is 0.102. The summed E-state index contributed by atoms with van der Waals surface area (Å²) in [4.78, 5) is 12.2. The zero-order valence-electron chi connectivity index (χ0n) is 14.0. The topological polar surface area (TPSA) is 46.0 Å². The van der Waals surface area contributed by atoms with E-state index in [-0.39, 0.29) is 0 Å². The highest BCUT2D eigenvalue weighted by molar-refractivity contribution is 5.71. The quantitative estimate of drug-likeness (QED) is 0.942. The van der Waals surface area contributed by atoms with Gasteiger partial charge < -0.3 is 5.32 Å². The summed E-state index contributed by atoms with van der Waals surface area (Å²) in [5.74, 6) is 1.95. The maximum Gasteiger partial charge on any atom is 0.161 e. The summed E-state index contributed by atoms with van der Waals surface area (Å²) in [6.45, 7) is 6.83. The smallest absolute Gasteiger partial charge is 0.161 e. The molecule has 0 aromatic carbocycles. The Balaban J connectivity index is 1.75. The third kappa shape index (κ3) is 2.88. The fraction of sp³-hybridized carbons (Fsp3) is 0.667. The minimum absolute atomic E-state index is 0.429. The number of hydrogen-bond acceptors (Lipinski definition) is 4. The molecule has 1 N–H and O–H groups in total. The Labute approximate surface area is 138 Å². The molecule has 4 rings (SSSR count). The molecule has 0 amide bonds. The Morgan fingerprint density at radius 1 is 1.30 bits per heavy atom. The lowest BCUT2D eigenvalue weighted by Crippen LogP contribution is -2.37. The third-order valence-electron chi connectivity index (χ3n) is 5.44. The van der Waals surface area contributed by atoms with Crippen molar-refractivity contribution in [3.8, 4) is 0 Å². The number of likely N-dealkylation sites (tertiary alicyclic amines) is 1. The molecule has 2 aromatic rings. The van der Waals surface area contributed by atoms with E-state index in [1.165, 1.54) is 38.1 Å². The Bertz CT molecular complexity index is 658. The number of nitrogens with one attached hydrogen (secondary N) is 1. The normalized spacial score (nSPS) is 26.1. The molecule has 2 fully saturated rings. The molecular weight excluding hydrogens is 286 g/mol. The van der Waals surface area contributed by atoms with Crippen LogP contribution in [0.4, 0.5) is 0 Å². The highest BCUT2D eigenvalue weighted by Crippen LogP contribution is 2.31. The third-order valence-corrected chi connectivity index (χ3v) is 5.44. The zero-order valence-corrected chi connectivity index (χ0v) is 14.0. The number of pyridine rings is 1. The van der Waals surface area contributed by atoms with Crippen LogP contribution >= 0.6 is 0 Å². The van der Waals surface area contributed by atoms with Crippen molar-refractivity contribution in [3.05, 3.63) is 24.2 Å². The van der Waals surface area contributed by atoms with E-state index in [1.807, 2.05) is 12.3 Å². The second-order valence-electron chi connectivity index (χ2n) is 6.91. The van der Waals surface area contributed by atoms with E-state index in [0.29, 0.717) is 12.1 Å². The molecule has 5 nitrogen and oxygen atoms in total. The Morgan fingerprint density at radius 3 is 3.09 bits per heavy atom. The van der Waals surface area contributed by atoms with Gasteiger partial charge in [-0.1, -0.05) is 6.92 Å². The van der Waals surface area contributed by atoms with Gasteiger partial charge in [0.2, 0.25) is 0 Å². The van der Waals surface area contributed by atoms with Crippen molar-refractivity contribution in [3.63, 3.8) is 0 Å². The maximum absolute atomic E-state index is 4.97. The molecule has 2 atom stereocenters. The van der Waals surface area contributed by atoms with Gasteiger partial charge in [0.25, 0.3) is 0 Å². The van der Waals surface area contributed by atoms with E-state index >= 15 is 0 Å². The largest absolute Gasteiger partial charge is 0.316 e. The van der Waals surface area contributed by atoms with Crippen molar-refractivity contribution in [2.24, 2.45) is 5.92 Å². The first-order valence-corrected chi connectivity index (χ1v) is 9.13. The highest BCUT2D eigenvalue weighted by atomic mass is 15.3. The van der Waals surface area contributed by atoms with Crippen LogP contribution in [0.1, 0.15) is 44.6 Å². The van der Waals surface area contributed by atoms with Crippen LogP contribution in [-0.4, -0.2) is 45.6 Å².